The SMILES string of the molecule is CCC(CO)NC(=O)c1n[nH]nc1N. The first-order chi connectivity index (χ1) is 6.69. The zero-order chi connectivity index (χ0) is 10.6. The molecule has 14 heavy (non-hydrogen) atoms. The van der Waals surface area contributed by atoms with Gasteiger partial charge < -0.3 is 16.2 Å². The number of H-pyrrole nitrogens is 1. The van der Waals surface area contributed by atoms with Gasteiger partial charge in [-0.1, -0.05) is 6.92 Å². The van der Waals surface area contributed by atoms with Crippen LogP contribution in [0, 0.1) is 0 Å². The summed E-state index contributed by atoms with van der Waals surface area (Å²) in [5.74, 6) is -0.382. The highest BCUT2D eigenvalue weighted by Crippen LogP contribution is 2.02. The van der Waals surface area contributed by atoms with Crippen LogP contribution in [0.2, 0.25) is 0 Å². The molecule has 0 saturated heterocycles. The van der Waals surface area contributed by atoms with Crippen LogP contribution >= 0.6 is 0 Å². The van der Waals surface area contributed by atoms with Crippen molar-refractivity contribution in [2.45, 2.75) is 19.4 Å². The molecule has 1 amide bonds. The van der Waals surface area contributed by atoms with Gasteiger partial charge in [-0.25, -0.2) is 0 Å². The summed E-state index contributed by atoms with van der Waals surface area (Å²) in [6.07, 6.45) is 0.639. The van der Waals surface area contributed by atoms with Gasteiger partial charge >= 0.3 is 0 Å². The third-order valence-electron chi connectivity index (χ3n) is 1.84. The molecule has 0 radical (unpaired) electrons. The van der Waals surface area contributed by atoms with Crippen LogP contribution in [-0.2, 0) is 0 Å². The number of nitrogens with zero attached hydrogens (tertiary/aromatic N) is 2. The summed E-state index contributed by atoms with van der Waals surface area (Å²) in [7, 11) is 0. The number of hydrogen-bond donors (Lipinski definition) is 4. The van der Waals surface area contributed by atoms with Crippen LogP contribution in [0.4, 0.5) is 5.82 Å². The fourth-order valence-electron chi connectivity index (χ4n) is 0.937. The lowest BCUT2D eigenvalue weighted by Gasteiger charge is -2.12. The number of amides is 1. The number of hydrogen-bond acceptors (Lipinski definition) is 5. The molecule has 1 unspecified atom stereocenters. The first kappa shape index (κ1) is 10.5. The molecule has 5 N–H and O–H groups in total. The van der Waals surface area contributed by atoms with Gasteiger partial charge in [0.1, 0.15) is 0 Å². The Kier molecular flexibility index (Phi) is 3.41. The molecule has 0 aliphatic rings. The molecule has 0 bridgehead atoms. The van der Waals surface area contributed by atoms with E-state index in [-0.39, 0.29) is 24.2 Å². The number of nitrogens with one attached hydrogen (secondary N) is 2. The van der Waals surface area contributed by atoms with Gasteiger partial charge in [-0.3, -0.25) is 4.79 Å². The van der Waals surface area contributed by atoms with Crippen molar-refractivity contribution in [3.8, 4) is 0 Å². The fourth-order valence-corrected chi connectivity index (χ4v) is 0.937. The molecule has 78 valence electrons. The maximum atomic E-state index is 11.4. The highest BCUT2D eigenvalue weighted by atomic mass is 16.3. The number of anilines is 1. The van der Waals surface area contributed by atoms with E-state index >= 15 is 0 Å². The first-order valence-corrected chi connectivity index (χ1v) is 4.27. The van der Waals surface area contributed by atoms with Crippen molar-refractivity contribution < 1.29 is 9.90 Å². The molecule has 1 rings (SSSR count). The van der Waals surface area contributed by atoms with E-state index in [2.05, 4.69) is 20.7 Å². The molecule has 0 aliphatic heterocycles. The molecule has 0 spiro atoms. The minimum absolute atomic E-state index is 0.0512. The van der Waals surface area contributed by atoms with E-state index < -0.39 is 5.91 Å². The summed E-state index contributed by atoms with van der Waals surface area (Å²) in [4.78, 5) is 11.4. The van der Waals surface area contributed by atoms with Gasteiger partial charge in [-0.15, -0.1) is 10.2 Å². The highest BCUT2D eigenvalue weighted by molar-refractivity contribution is 5.96. The maximum Gasteiger partial charge on any atom is 0.276 e. The Morgan fingerprint density at radius 1 is 1.71 bits per heavy atom. The molecule has 1 heterocycles. The predicted octanol–water partition coefficient (Wildman–Crippen LogP) is -1.11. The Hall–Kier alpha value is -1.63. The summed E-state index contributed by atoms with van der Waals surface area (Å²) in [5, 5.41) is 20.8. The quantitative estimate of drug-likeness (QED) is 0.490. The minimum Gasteiger partial charge on any atom is -0.394 e. The van der Waals surface area contributed by atoms with Crippen LogP contribution < -0.4 is 11.1 Å². The van der Waals surface area contributed by atoms with Crippen molar-refractivity contribution in [3.63, 3.8) is 0 Å². The number of aromatic amines is 1. The standard InChI is InChI=1S/C7H13N5O2/c1-2-4(3-13)9-7(14)5-6(8)11-12-10-5/h4,13H,2-3H2,1H3,(H,9,14)(H3,8,10,11,12). The zero-order valence-electron chi connectivity index (χ0n) is 7.82. The van der Waals surface area contributed by atoms with E-state index in [9.17, 15) is 4.79 Å². The smallest absolute Gasteiger partial charge is 0.276 e. The number of aliphatic hydroxyl groups excluding tert-OH is 1. The van der Waals surface area contributed by atoms with Crippen LogP contribution in [0.5, 0.6) is 0 Å². The van der Waals surface area contributed by atoms with Crippen LogP contribution in [0.15, 0.2) is 0 Å². The van der Waals surface area contributed by atoms with Crippen molar-refractivity contribution in [2.75, 3.05) is 12.3 Å². The number of rotatable bonds is 4. The first-order valence-electron chi connectivity index (χ1n) is 4.27. The number of carbonyl (C=O) groups excluding carboxylic acids is 1. The summed E-state index contributed by atoms with van der Waals surface area (Å²) < 4.78 is 0. The molecule has 7 heteroatoms. The second kappa shape index (κ2) is 4.56. The second-order valence-corrected chi connectivity index (χ2v) is 2.82. The van der Waals surface area contributed by atoms with Crippen molar-refractivity contribution in [1.29, 1.82) is 0 Å². The predicted molar refractivity (Wildman–Crippen MR) is 49.4 cm³/mol. The number of nitrogen functional groups attached to an aromatic ring is 1. The maximum absolute atomic E-state index is 11.4. The van der Waals surface area contributed by atoms with E-state index in [1.165, 1.54) is 0 Å². The van der Waals surface area contributed by atoms with Gasteiger partial charge in [0.2, 0.25) is 0 Å². The van der Waals surface area contributed by atoms with Gasteiger partial charge in [0.05, 0.1) is 12.6 Å². The van der Waals surface area contributed by atoms with Gasteiger partial charge in [0.25, 0.3) is 5.91 Å². The average Bonchev–Trinajstić information content (AvgIpc) is 2.60. The Morgan fingerprint density at radius 3 is 2.86 bits per heavy atom. The van der Waals surface area contributed by atoms with Crippen molar-refractivity contribution in [1.82, 2.24) is 20.7 Å². The number of carbonyl (C=O) groups is 1. The van der Waals surface area contributed by atoms with E-state index in [4.69, 9.17) is 10.8 Å². The van der Waals surface area contributed by atoms with E-state index in [0.29, 0.717) is 6.42 Å². The largest absolute Gasteiger partial charge is 0.394 e. The van der Waals surface area contributed by atoms with Gasteiger partial charge in [0, 0.05) is 0 Å². The van der Waals surface area contributed by atoms with E-state index in [0.717, 1.165) is 0 Å². The second-order valence-electron chi connectivity index (χ2n) is 2.82. The van der Waals surface area contributed by atoms with Crippen LogP contribution in [0.1, 0.15) is 23.8 Å². The van der Waals surface area contributed by atoms with Crippen molar-refractivity contribution >= 4 is 11.7 Å². The minimum atomic E-state index is -0.433. The van der Waals surface area contributed by atoms with Gasteiger partial charge in [-0.2, -0.15) is 5.21 Å². The van der Waals surface area contributed by atoms with E-state index in [1.54, 1.807) is 0 Å². The molecule has 1 aromatic heterocycles. The van der Waals surface area contributed by atoms with Crippen molar-refractivity contribution in [2.24, 2.45) is 0 Å². The lowest BCUT2D eigenvalue weighted by molar-refractivity contribution is 0.0911. The number of aromatic nitrogens is 3. The monoisotopic (exact) mass is 199 g/mol. The fraction of sp³-hybridized carbons (Fsp3) is 0.571. The lowest BCUT2D eigenvalue weighted by atomic mass is 10.2. The normalized spacial score (nSPS) is 12.4. The number of aliphatic hydroxyl groups is 1. The Labute approximate surface area is 80.7 Å². The third kappa shape index (κ3) is 2.19. The summed E-state index contributed by atoms with van der Waals surface area (Å²) in [6, 6.07) is -0.279. The van der Waals surface area contributed by atoms with E-state index in [1.807, 2.05) is 6.92 Å². The Balaban J connectivity index is 2.63. The summed E-state index contributed by atoms with van der Waals surface area (Å²) in [5.41, 5.74) is 5.42. The molecule has 0 aromatic carbocycles. The molecular weight excluding hydrogens is 186 g/mol. The molecular formula is C7H13N5O2. The molecule has 0 aliphatic carbocycles. The van der Waals surface area contributed by atoms with Crippen LogP contribution in [0.3, 0.4) is 0 Å². The summed E-state index contributed by atoms with van der Waals surface area (Å²) in [6.45, 7) is 1.74. The molecule has 1 aromatic rings. The molecule has 0 saturated carbocycles. The van der Waals surface area contributed by atoms with Crippen LogP contribution in [0.25, 0.3) is 0 Å². The average molecular weight is 199 g/mol. The number of nitrogens with two attached hydrogens (primary N) is 1. The molecule has 1 atom stereocenters. The van der Waals surface area contributed by atoms with Crippen molar-refractivity contribution in [3.05, 3.63) is 5.69 Å². The van der Waals surface area contributed by atoms with Gasteiger partial charge in [0.15, 0.2) is 11.5 Å². The van der Waals surface area contributed by atoms with Crippen LogP contribution in [-0.4, -0.2) is 39.1 Å². The molecule has 7 nitrogen and oxygen atoms in total. The lowest BCUT2D eigenvalue weighted by Crippen LogP contribution is -2.37. The Bertz CT molecular complexity index is 307. The highest BCUT2D eigenvalue weighted by Gasteiger charge is 2.16. The topological polar surface area (TPSA) is 117 Å². The molecule has 0 fully saturated rings. The Morgan fingerprint density at radius 2 is 2.43 bits per heavy atom. The zero-order valence-corrected chi connectivity index (χ0v) is 7.82. The third-order valence-corrected chi connectivity index (χ3v) is 1.84. The summed E-state index contributed by atoms with van der Waals surface area (Å²) >= 11 is 0. The van der Waals surface area contributed by atoms with Gasteiger partial charge in [-0.05, 0) is 6.42 Å².